The lowest BCUT2D eigenvalue weighted by Crippen LogP contribution is -2.22. The van der Waals surface area contributed by atoms with Gasteiger partial charge in [-0.15, -0.1) is 0 Å². The molecule has 0 atom stereocenters. The van der Waals surface area contributed by atoms with Crippen LogP contribution in [0.1, 0.15) is 21.5 Å². The highest BCUT2D eigenvalue weighted by Crippen LogP contribution is 2.11. The summed E-state index contributed by atoms with van der Waals surface area (Å²) in [5, 5.41) is 2.84. The fraction of sp³-hybridized carbons (Fsp3) is 0.111. The molecular formula is C18H16FN3O. The van der Waals surface area contributed by atoms with Crippen LogP contribution in [0.3, 0.4) is 0 Å². The molecule has 1 amide bonds. The van der Waals surface area contributed by atoms with Crippen LogP contribution in [0.5, 0.6) is 0 Å². The Morgan fingerprint density at radius 2 is 2.00 bits per heavy atom. The normalized spacial score (nSPS) is 10.5. The predicted molar refractivity (Wildman–Crippen MR) is 85.9 cm³/mol. The lowest BCUT2D eigenvalue weighted by molar-refractivity contribution is 0.0951. The van der Waals surface area contributed by atoms with E-state index >= 15 is 0 Å². The van der Waals surface area contributed by atoms with Gasteiger partial charge >= 0.3 is 0 Å². The maximum absolute atomic E-state index is 13.2. The van der Waals surface area contributed by atoms with Crippen LogP contribution in [-0.2, 0) is 6.54 Å². The van der Waals surface area contributed by atoms with Crippen LogP contribution in [0.2, 0.25) is 0 Å². The number of aryl methyl sites for hydroxylation is 1. The van der Waals surface area contributed by atoms with Crippen LogP contribution < -0.4 is 5.32 Å². The Labute approximate surface area is 133 Å². The molecule has 0 aliphatic heterocycles. The van der Waals surface area contributed by atoms with E-state index in [0.29, 0.717) is 17.7 Å². The number of halogens is 1. The number of nitrogens with one attached hydrogen (secondary N) is 1. The number of carbonyl (C=O) groups excluding carboxylic acids is 1. The SMILES string of the molecule is Cc1cc(C(=O)NCc2ccc(-n3ccnc3)cc2)ccc1F. The summed E-state index contributed by atoms with van der Waals surface area (Å²) in [6, 6.07) is 12.2. The Morgan fingerprint density at radius 1 is 1.22 bits per heavy atom. The first-order valence-electron chi connectivity index (χ1n) is 7.25. The molecule has 0 unspecified atom stereocenters. The largest absolute Gasteiger partial charge is 0.348 e. The number of rotatable bonds is 4. The third kappa shape index (κ3) is 3.45. The van der Waals surface area contributed by atoms with Crippen LogP contribution in [0.15, 0.2) is 61.2 Å². The second-order valence-corrected chi connectivity index (χ2v) is 5.28. The van der Waals surface area contributed by atoms with Gasteiger partial charge in [0.15, 0.2) is 0 Å². The number of hydrogen-bond acceptors (Lipinski definition) is 2. The molecule has 23 heavy (non-hydrogen) atoms. The summed E-state index contributed by atoms with van der Waals surface area (Å²) in [4.78, 5) is 16.1. The Balaban J connectivity index is 1.63. The van der Waals surface area contributed by atoms with Gasteiger partial charge in [0.25, 0.3) is 5.91 Å². The third-order valence-corrected chi connectivity index (χ3v) is 3.61. The standard InChI is InChI=1S/C18H16FN3O/c1-13-10-15(4-7-17(13)19)18(23)21-11-14-2-5-16(6-3-14)22-9-8-20-12-22/h2-10,12H,11H2,1H3,(H,21,23). The summed E-state index contributed by atoms with van der Waals surface area (Å²) in [6.45, 7) is 2.06. The molecule has 1 N–H and O–H groups in total. The van der Waals surface area contributed by atoms with E-state index in [1.165, 1.54) is 12.1 Å². The van der Waals surface area contributed by atoms with Crippen molar-refractivity contribution in [1.82, 2.24) is 14.9 Å². The Kier molecular flexibility index (Phi) is 4.19. The molecule has 1 heterocycles. The number of imidazole rings is 1. The Morgan fingerprint density at radius 3 is 2.65 bits per heavy atom. The average Bonchev–Trinajstić information content (AvgIpc) is 3.10. The smallest absolute Gasteiger partial charge is 0.251 e. The van der Waals surface area contributed by atoms with Gasteiger partial charge in [0, 0.05) is 30.2 Å². The number of nitrogens with zero attached hydrogens (tertiary/aromatic N) is 2. The first kappa shape index (κ1) is 15.0. The van der Waals surface area contributed by atoms with Gasteiger partial charge in [-0.2, -0.15) is 0 Å². The van der Waals surface area contributed by atoms with Gasteiger partial charge in [0.2, 0.25) is 0 Å². The van der Waals surface area contributed by atoms with Gasteiger partial charge in [0.05, 0.1) is 6.33 Å². The van der Waals surface area contributed by atoms with Crippen molar-refractivity contribution in [3.05, 3.63) is 83.7 Å². The fourth-order valence-corrected chi connectivity index (χ4v) is 2.27. The first-order chi connectivity index (χ1) is 11.1. The predicted octanol–water partition coefficient (Wildman–Crippen LogP) is 3.25. The molecule has 0 aliphatic carbocycles. The van der Waals surface area contributed by atoms with Crippen molar-refractivity contribution in [2.75, 3.05) is 0 Å². The van der Waals surface area contributed by atoms with Crippen molar-refractivity contribution >= 4 is 5.91 Å². The lowest BCUT2D eigenvalue weighted by Gasteiger charge is -2.08. The zero-order valence-electron chi connectivity index (χ0n) is 12.7. The van der Waals surface area contributed by atoms with Crippen molar-refractivity contribution in [2.45, 2.75) is 13.5 Å². The second-order valence-electron chi connectivity index (χ2n) is 5.28. The highest BCUT2D eigenvalue weighted by atomic mass is 19.1. The van der Waals surface area contributed by atoms with Crippen molar-refractivity contribution in [3.8, 4) is 5.69 Å². The topological polar surface area (TPSA) is 46.9 Å². The molecule has 0 aliphatic rings. The minimum absolute atomic E-state index is 0.216. The molecule has 116 valence electrons. The molecule has 4 nitrogen and oxygen atoms in total. The lowest BCUT2D eigenvalue weighted by atomic mass is 10.1. The van der Waals surface area contributed by atoms with Crippen LogP contribution >= 0.6 is 0 Å². The first-order valence-corrected chi connectivity index (χ1v) is 7.25. The molecule has 0 fully saturated rings. The van der Waals surface area contributed by atoms with E-state index in [2.05, 4.69) is 10.3 Å². The van der Waals surface area contributed by atoms with Crippen molar-refractivity contribution in [2.24, 2.45) is 0 Å². The molecule has 1 aromatic heterocycles. The van der Waals surface area contributed by atoms with E-state index in [4.69, 9.17) is 0 Å². The van der Waals surface area contributed by atoms with Crippen molar-refractivity contribution in [3.63, 3.8) is 0 Å². The van der Waals surface area contributed by atoms with Crippen LogP contribution in [0.4, 0.5) is 4.39 Å². The summed E-state index contributed by atoms with van der Waals surface area (Å²) in [7, 11) is 0. The molecule has 0 saturated carbocycles. The molecule has 5 heteroatoms. The van der Waals surface area contributed by atoms with Gasteiger partial charge in [-0.3, -0.25) is 4.79 Å². The van der Waals surface area contributed by atoms with Crippen LogP contribution in [0, 0.1) is 12.7 Å². The molecule has 0 bridgehead atoms. The van der Waals surface area contributed by atoms with E-state index < -0.39 is 0 Å². The minimum Gasteiger partial charge on any atom is -0.348 e. The van der Waals surface area contributed by atoms with E-state index in [1.807, 2.05) is 35.0 Å². The van der Waals surface area contributed by atoms with E-state index in [9.17, 15) is 9.18 Å². The molecule has 0 radical (unpaired) electrons. The van der Waals surface area contributed by atoms with Crippen molar-refractivity contribution in [1.29, 1.82) is 0 Å². The Hall–Kier alpha value is -2.95. The summed E-state index contributed by atoms with van der Waals surface area (Å²) < 4.78 is 15.1. The number of benzene rings is 2. The van der Waals surface area contributed by atoms with Gasteiger partial charge in [-0.05, 0) is 48.4 Å². The van der Waals surface area contributed by atoms with Gasteiger partial charge in [0.1, 0.15) is 5.82 Å². The van der Waals surface area contributed by atoms with Crippen LogP contribution in [0.25, 0.3) is 5.69 Å². The maximum atomic E-state index is 13.2. The van der Waals surface area contributed by atoms with E-state index in [-0.39, 0.29) is 11.7 Å². The number of aromatic nitrogens is 2. The van der Waals surface area contributed by atoms with Crippen LogP contribution in [-0.4, -0.2) is 15.5 Å². The highest BCUT2D eigenvalue weighted by molar-refractivity contribution is 5.94. The van der Waals surface area contributed by atoms with Crippen molar-refractivity contribution < 1.29 is 9.18 Å². The number of hydrogen-bond donors (Lipinski definition) is 1. The number of carbonyl (C=O) groups is 1. The summed E-state index contributed by atoms with van der Waals surface area (Å²) >= 11 is 0. The second kappa shape index (κ2) is 6.44. The number of amides is 1. The van der Waals surface area contributed by atoms with Gasteiger partial charge < -0.3 is 9.88 Å². The summed E-state index contributed by atoms with van der Waals surface area (Å²) in [5.74, 6) is -0.525. The van der Waals surface area contributed by atoms with E-state index in [1.54, 1.807) is 25.5 Å². The van der Waals surface area contributed by atoms with E-state index in [0.717, 1.165) is 11.3 Å². The molecular weight excluding hydrogens is 293 g/mol. The zero-order valence-corrected chi connectivity index (χ0v) is 12.7. The highest BCUT2D eigenvalue weighted by Gasteiger charge is 2.07. The zero-order chi connectivity index (χ0) is 16.2. The minimum atomic E-state index is -0.309. The monoisotopic (exact) mass is 309 g/mol. The molecule has 3 aromatic rings. The fourth-order valence-electron chi connectivity index (χ4n) is 2.27. The third-order valence-electron chi connectivity index (χ3n) is 3.61. The summed E-state index contributed by atoms with van der Waals surface area (Å²) in [5.41, 5.74) is 2.91. The molecule has 0 saturated heterocycles. The Bertz CT molecular complexity index is 811. The maximum Gasteiger partial charge on any atom is 0.251 e. The van der Waals surface area contributed by atoms with Gasteiger partial charge in [-0.1, -0.05) is 12.1 Å². The quantitative estimate of drug-likeness (QED) is 0.804. The molecule has 0 spiro atoms. The molecule has 2 aromatic carbocycles. The average molecular weight is 309 g/mol. The van der Waals surface area contributed by atoms with Gasteiger partial charge in [-0.25, -0.2) is 9.37 Å². The molecule has 3 rings (SSSR count). The summed E-state index contributed by atoms with van der Waals surface area (Å²) in [6.07, 6.45) is 5.32.